The van der Waals surface area contributed by atoms with Gasteiger partial charge in [0.1, 0.15) is 0 Å². The number of thiol groups is 6. The van der Waals surface area contributed by atoms with Gasteiger partial charge in [-0.25, -0.2) is 0 Å². The Morgan fingerprint density at radius 3 is 1.16 bits per heavy atom. The molecule has 50 heavy (non-hydrogen) atoms. The molecule has 0 heterocycles. The van der Waals surface area contributed by atoms with E-state index in [1.54, 1.807) is 60.7 Å². The Balaban J connectivity index is 2.26. The van der Waals surface area contributed by atoms with Crippen molar-refractivity contribution in [3.8, 4) is 5.75 Å². The van der Waals surface area contributed by atoms with Gasteiger partial charge in [-0.2, -0.15) is 0 Å². The Hall–Kier alpha value is -0.675. The Morgan fingerprint density at radius 1 is 0.560 bits per heavy atom. The third-order valence-corrected chi connectivity index (χ3v) is 28.9. The zero-order valence-electron chi connectivity index (χ0n) is 26.1. The quantitative estimate of drug-likeness (QED) is 0.0253. The first-order valence-corrected chi connectivity index (χ1v) is 24.1. The Labute approximate surface area is 320 Å². The van der Waals surface area contributed by atoms with E-state index in [0.29, 0.717) is 23.3 Å². The van der Waals surface area contributed by atoms with Crippen LogP contribution in [0.15, 0.2) is 78.9 Å². The molecule has 3 aromatic rings. The summed E-state index contributed by atoms with van der Waals surface area (Å²) in [6.45, 7) is -8.42. The zero-order chi connectivity index (χ0) is 37.5. The summed E-state index contributed by atoms with van der Waals surface area (Å²) < 4.78 is 102. The Morgan fingerprint density at radius 2 is 0.880 bits per heavy atom. The maximum atomic E-state index is 13.9. The van der Waals surface area contributed by atoms with Crippen LogP contribution in [0.2, 0.25) is 0 Å². The number of Topliss-reactive ketones (excluding diaryl/α,β-unsaturated/α-hetero) is 2. The first kappa shape index (κ1) is 43.7. The number of hydrogen-bond donors (Lipinski definition) is 6. The summed E-state index contributed by atoms with van der Waals surface area (Å²) in [5.41, 5.74) is -3.70. The van der Waals surface area contributed by atoms with E-state index < -0.39 is 61.8 Å². The second kappa shape index (κ2) is 17.2. The second-order valence-corrected chi connectivity index (χ2v) is 27.1. The molecule has 276 valence electrons. The van der Waals surface area contributed by atoms with Crippen molar-refractivity contribution in [1.82, 2.24) is 0 Å². The predicted molar refractivity (Wildman–Crippen MR) is 213 cm³/mol. The molecule has 0 unspecified atom stereocenters. The van der Waals surface area contributed by atoms with E-state index in [2.05, 4.69) is 75.8 Å². The molecule has 0 aliphatic carbocycles. The van der Waals surface area contributed by atoms with Gasteiger partial charge in [-0.3, -0.25) is 0 Å². The van der Waals surface area contributed by atoms with Gasteiger partial charge in [0.25, 0.3) is 0 Å². The summed E-state index contributed by atoms with van der Waals surface area (Å²) >= 11 is 27.2. The molecule has 3 rings (SSSR count). The fraction of sp³-hybridized carbons (Fsp3) is 0.333. The van der Waals surface area contributed by atoms with Gasteiger partial charge in [0.05, 0.1) is 0 Å². The van der Waals surface area contributed by atoms with Crippen LogP contribution in [0.1, 0.15) is 31.8 Å². The van der Waals surface area contributed by atoms with E-state index in [-0.39, 0.29) is 51.4 Å². The number of carbonyl (C=O) groups excluding carboxylic acids is 2. The average Bonchev–Trinajstić information content (AvgIpc) is 3.11. The van der Waals surface area contributed by atoms with Gasteiger partial charge in [0.15, 0.2) is 0 Å². The standard InChI is InChI=1S/C30H35BF6O5P2S6/c32-29(33,34)24-11-25(30(35,36)37)13-26(12-24)40-31(41-43(16-45,17-46,18-47)14-27(38)22-7-3-1-4-8-22)42-44(19-48,20-49,21-50)15-28(39)23-9-5-2-6-10-23/h1-13,45-50H,14-21H2. The molecule has 0 saturated heterocycles. The van der Waals surface area contributed by atoms with E-state index >= 15 is 0 Å². The van der Waals surface area contributed by atoms with Crippen molar-refractivity contribution in [2.24, 2.45) is 0 Å². The van der Waals surface area contributed by atoms with Crippen LogP contribution in [0.4, 0.5) is 26.3 Å². The van der Waals surface area contributed by atoms with Gasteiger partial charge in [-0.15, -0.1) is 0 Å². The van der Waals surface area contributed by atoms with Gasteiger partial charge in [-0.05, 0) is 0 Å². The number of halogens is 6. The van der Waals surface area contributed by atoms with Crippen molar-refractivity contribution in [3.05, 3.63) is 101 Å². The molecule has 5 nitrogen and oxygen atoms in total. The van der Waals surface area contributed by atoms with Crippen molar-refractivity contribution in [2.45, 2.75) is 12.4 Å². The molecule has 0 atom stereocenters. The van der Waals surface area contributed by atoms with Crippen molar-refractivity contribution in [3.63, 3.8) is 0 Å². The summed E-state index contributed by atoms with van der Waals surface area (Å²) in [5, 5.41) is 0. The SMILES string of the molecule is O=C(CP(CS)(CS)(CS)OB(Oc1cc(C(F)(F)F)cc(C(F)(F)F)c1)OP(CS)(CS)(CS)CC(=O)c1ccccc1)c1ccccc1. The molecule has 0 saturated carbocycles. The van der Waals surface area contributed by atoms with Crippen LogP contribution in [0, 0.1) is 0 Å². The molecule has 0 fully saturated rings. The predicted octanol–water partition coefficient (Wildman–Crippen LogP) is 10.1. The fourth-order valence-electron chi connectivity index (χ4n) is 4.65. The Bertz CT molecular complexity index is 1500. The number of hydrogen-bond acceptors (Lipinski definition) is 11. The minimum atomic E-state index is -5.19. The first-order valence-electron chi connectivity index (χ1n) is 14.5. The molecule has 0 N–H and O–H groups in total. The first-order chi connectivity index (χ1) is 23.3. The maximum absolute atomic E-state index is 13.9. The average molecular weight is 855 g/mol. The normalized spacial score (nSPS) is 14.2. The minimum absolute atomic E-state index is 0.0506. The van der Waals surface area contributed by atoms with Gasteiger partial charge in [0, 0.05) is 0 Å². The van der Waals surface area contributed by atoms with Gasteiger partial charge in [0.2, 0.25) is 0 Å². The second-order valence-electron chi connectivity index (χ2n) is 11.8. The molecule has 20 heteroatoms. The molecule has 0 aromatic heterocycles. The van der Waals surface area contributed by atoms with Crippen LogP contribution < -0.4 is 4.65 Å². The third kappa shape index (κ3) is 10.3. The van der Waals surface area contributed by atoms with Gasteiger partial charge < -0.3 is 0 Å². The molecule has 3 aromatic carbocycles. The summed E-state index contributed by atoms with van der Waals surface area (Å²) in [5.74, 6) is -1.73. The molecule has 0 aliphatic heterocycles. The van der Waals surface area contributed by atoms with E-state index in [1.165, 1.54) is 0 Å². The topological polar surface area (TPSA) is 61.8 Å². The zero-order valence-corrected chi connectivity index (χ0v) is 33.3. The molecule has 0 aliphatic rings. The van der Waals surface area contributed by atoms with Crippen LogP contribution in [-0.2, 0) is 21.2 Å². The van der Waals surface area contributed by atoms with E-state index in [4.69, 9.17) is 13.5 Å². The summed E-state index contributed by atoms with van der Waals surface area (Å²) in [6.07, 6.45) is -11.1. The molecule has 0 bridgehead atoms. The molecule has 0 radical (unpaired) electrons. The van der Waals surface area contributed by atoms with Crippen LogP contribution in [-0.4, -0.2) is 64.2 Å². The summed E-state index contributed by atoms with van der Waals surface area (Å²) in [6, 6.07) is 17.0. The van der Waals surface area contributed by atoms with Crippen LogP contribution in [0.5, 0.6) is 5.75 Å². The fourth-order valence-corrected chi connectivity index (χ4v) is 18.8. The van der Waals surface area contributed by atoms with Gasteiger partial charge in [-0.1, -0.05) is 0 Å². The third-order valence-electron chi connectivity index (χ3n) is 7.99. The number of carbonyl (C=O) groups is 2. The number of ketones is 2. The number of alkyl halides is 6. The van der Waals surface area contributed by atoms with Crippen molar-refractivity contribution < 1.29 is 49.5 Å². The van der Waals surface area contributed by atoms with Crippen LogP contribution in [0.25, 0.3) is 0 Å². The summed E-state index contributed by atoms with van der Waals surface area (Å²) in [7, 11) is -2.13. The van der Waals surface area contributed by atoms with Crippen LogP contribution in [0.3, 0.4) is 0 Å². The van der Waals surface area contributed by atoms with E-state index in [1.807, 2.05) is 0 Å². The number of benzene rings is 3. The van der Waals surface area contributed by atoms with Gasteiger partial charge >= 0.3 is 322 Å². The molecule has 0 amide bonds. The Kier molecular flexibility index (Phi) is 15.0. The van der Waals surface area contributed by atoms with Crippen molar-refractivity contribution >= 4 is 108 Å². The molecule has 0 spiro atoms. The van der Waals surface area contributed by atoms with Crippen molar-refractivity contribution in [1.29, 1.82) is 0 Å². The molecular weight excluding hydrogens is 819 g/mol. The van der Waals surface area contributed by atoms with Crippen LogP contribution >= 0.6 is 89.4 Å². The number of rotatable bonds is 18. The van der Waals surface area contributed by atoms with E-state index in [9.17, 15) is 35.9 Å². The monoisotopic (exact) mass is 854 g/mol. The van der Waals surface area contributed by atoms with E-state index in [0.717, 1.165) is 0 Å². The van der Waals surface area contributed by atoms with Crippen molar-refractivity contribution in [2.75, 3.05) is 45.3 Å². The summed E-state index contributed by atoms with van der Waals surface area (Å²) in [4.78, 5) is 27.3. The molecular formula is C30H35BF6O5P2S6.